The Bertz CT molecular complexity index is 627. The summed E-state index contributed by atoms with van der Waals surface area (Å²) < 4.78 is 5.87. The molecule has 2 aromatic rings. The lowest BCUT2D eigenvalue weighted by Crippen LogP contribution is -2.24. The minimum atomic E-state index is -1.01. The van der Waals surface area contributed by atoms with E-state index in [1.807, 2.05) is 54.6 Å². The van der Waals surface area contributed by atoms with Gasteiger partial charge in [-0.3, -0.25) is 4.79 Å². The topological polar surface area (TPSA) is 58.6 Å². The number of aliphatic hydroxyl groups is 1. The summed E-state index contributed by atoms with van der Waals surface area (Å²) in [7, 11) is 0. The maximum absolute atomic E-state index is 11.4. The molecule has 3 rings (SSSR count). The minimum Gasteiger partial charge on any atom is -0.489 e. The number of rotatable bonds is 4. The van der Waals surface area contributed by atoms with E-state index in [4.69, 9.17) is 4.74 Å². The molecule has 1 aliphatic rings. The molecule has 0 aliphatic carbocycles. The average Bonchev–Trinajstić information content (AvgIpc) is 2.86. The van der Waals surface area contributed by atoms with Crippen LogP contribution in [0.1, 0.15) is 17.0 Å². The third-order valence-corrected chi connectivity index (χ3v) is 3.70. The Balaban J connectivity index is 1.78. The number of ether oxygens (including phenoxy) is 1. The summed E-state index contributed by atoms with van der Waals surface area (Å²) in [6.45, 7) is 0.897. The Morgan fingerprint density at radius 2 is 1.81 bits per heavy atom. The highest BCUT2D eigenvalue weighted by Gasteiger charge is 2.35. The zero-order valence-corrected chi connectivity index (χ0v) is 11.5. The highest BCUT2D eigenvalue weighted by Crippen LogP contribution is 2.31. The van der Waals surface area contributed by atoms with Crippen molar-refractivity contribution >= 4 is 5.91 Å². The van der Waals surface area contributed by atoms with Crippen LogP contribution < -0.4 is 10.1 Å². The van der Waals surface area contributed by atoms with Crippen molar-refractivity contribution < 1.29 is 14.6 Å². The van der Waals surface area contributed by atoms with Crippen LogP contribution in [0.5, 0.6) is 5.75 Å². The van der Waals surface area contributed by atoms with E-state index in [2.05, 4.69) is 5.32 Å². The van der Waals surface area contributed by atoms with Gasteiger partial charge in [-0.1, -0.05) is 48.5 Å². The van der Waals surface area contributed by atoms with Crippen LogP contribution >= 0.6 is 0 Å². The molecule has 4 heteroatoms. The predicted molar refractivity (Wildman–Crippen MR) is 79.0 cm³/mol. The van der Waals surface area contributed by atoms with Crippen LogP contribution in [0.15, 0.2) is 54.6 Å². The molecule has 1 aliphatic heterocycles. The number of nitrogens with one attached hydrogen (secondary N) is 1. The van der Waals surface area contributed by atoms with Crippen LogP contribution in [0.3, 0.4) is 0 Å². The van der Waals surface area contributed by atoms with E-state index in [9.17, 15) is 9.90 Å². The van der Waals surface area contributed by atoms with Gasteiger partial charge in [0.25, 0.3) is 0 Å². The maximum Gasteiger partial charge on any atom is 0.249 e. The number of aliphatic hydroxyl groups excluding tert-OH is 1. The van der Waals surface area contributed by atoms with Gasteiger partial charge >= 0.3 is 0 Å². The van der Waals surface area contributed by atoms with E-state index in [1.165, 1.54) is 0 Å². The first-order chi connectivity index (χ1) is 10.3. The van der Waals surface area contributed by atoms with Crippen LogP contribution in [0.25, 0.3) is 0 Å². The van der Waals surface area contributed by atoms with Gasteiger partial charge in [0.2, 0.25) is 5.91 Å². The Hall–Kier alpha value is -2.33. The number of carbonyl (C=O) groups is 1. The summed E-state index contributed by atoms with van der Waals surface area (Å²) in [6, 6.07) is 17.4. The van der Waals surface area contributed by atoms with Gasteiger partial charge in [0.15, 0.2) is 0 Å². The molecule has 0 radical (unpaired) electrons. The first-order valence-corrected chi connectivity index (χ1v) is 6.97. The zero-order valence-electron chi connectivity index (χ0n) is 11.5. The molecule has 2 unspecified atom stereocenters. The molecule has 4 nitrogen and oxygen atoms in total. The molecule has 1 saturated heterocycles. The molecule has 21 heavy (non-hydrogen) atoms. The molecule has 1 fully saturated rings. The lowest BCUT2D eigenvalue weighted by Gasteiger charge is -2.17. The summed E-state index contributed by atoms with van der Waals surface area (Å²) in [6.07, 6.45) is -1.01. The molecular formula is C17H17NO3. The lowest BCUT2D eigenvalue weighted by molar-refractivity contribution is -0.126. The van der Waals surface area contributed by atoms with E-state index in [1.54, 1.807) is 0 Å². The van der Waals surface area contributed by atoms with E-state index in [0.717, 1.165) is 11.1 Å². The number of hydrogen-bond acceptors (Lipinski definition) is 3. The summed E-state index contributed by atoms with van der Waals surface area (Å²) in [5.74, 6) is 0.129. The second-order valence-corrected chi connectivity index (χ2v) is 5.11. The van der Waals surface area contributed by atoms with Crippen LogP contribution in [0.2, 0.25) is 0 Å². The Labute approximate surface area is 123 Å². The number of amides is 1. The quantitative estimate of drug-likeness (QED) is 0.900. The Kier molecular flexibility index (Phi) is 3.88. The van der Waals surface area contributed by atoms with Gasteiger partial charge in [0.05, 0.1) is 0 Å². The molecule has 0 aromatic heterocycles. The van der Waals surface area contributed by atoms with E-state index in [0.29, 0.717) is 18.9 Å². The van der Waals surface area contributed by atoms with Crippen molar-refractivity contribution in [2.45, 2.75) is 18.6 Å². The van der Waals surface area contributed by atoms with Crippen molar-refractivity contribution in [3.8, 4) is 5.75 Å². The van der Waals surface area contributed by atoms with Crippen LogP contribution in [-0.4, -0.2) is 23.7 Å². The molecule has 0 spiro atoms. The molecule has 2 aromatic carbocycles. The molecule has 2 N–H and O–H groups in total. The molecule has 1 amide bonds. The molecule has 108 valence electrons. The number of benzene rings is 2. The van der Waals surface area contributed by atoms with Gasteiger partial charge in [-0.15, -0.1) is 0 Å². The van der Waals surface area contributed by atoms with Crippen molar-refractivity contribution in [3.05, 3.63) is 65.7 Å². The highest BCUT2D eigenvalue weighted by molar-refractivity contribution is 5.84. The standard InChI is InChI=1S/C17H17NO3/c19-16-14(10-18-17(16)20)13-8-4-5-9-15(13)21-11-12-6-2-1-3-7-12/h1-9,14,16,19H,10-11H2,(H,18,20). The van der Waals surface area contributed by atoms with Gasteiger partial charge in [0, 0.05) is 18.0 Å². The fourth-order valence-corrected chi connectivity index (χ4v) is 2.54. The van der Waals surface area contributed by atoms with Crippen LogP contribution in [0, 0.1) is 0 Å². The van der Waals surface area contributed by atoms with Crippen molar-refractivity contribution in [1.29, 1.82) is 0 Å². The first kappa shape index (κ1) is 13.6. The second-order valence-electron chi connectivity index (χ2n) is 5.11. The average molecular weight is 283 g/mol. The summed E-state index contributed by atoms with van der Waals surface area (Å²) in [4.78, 5) is 11.4. The Morgan fingerprint density at radius 3 is 2.52 bits per heavy atom. The smallest absolute Gasteiger partial charge is 0.249 e. The van der Waals surface area contributed by atoms with Crippen molar-refractivity contribution in [2.24, 2.45) is 0 Å². The first-order valence-electron chi connectivity index (χ1n) is 6.97. The summed E-state index contributed by atoms with van der Waals surface area (Å²) in [5, 5.41) is 12.6. The van der Waals surface area contributed by atoms with Crippen molar-refractivity contribution in [3.63, 3.8) is 0 Å². The van der Waals surface area contributed by atoms with Crippen LogP contribution in [-0.2, 0) is 11.4 Å². The van der Waals surface area contributed by atoms with Crippen LogP contribution in [0.4, 0.5) is 0 Å². The molecule has 1 heterocycles. The summed E-state index contributed by atoms with van der Waals surface area (Å²) in [5.41, 5.74) is 1.94. The van der Waals surface area contributed by atoms with Gasteiger partial charge in [-0.2, -0.15) is 0 Å². The van der Waals surface area contributed by atoms with Crippen molar-refractivity contribution in [1.82, 2.24) is 5.32 Å². The SMILES string of the molecule is O=C1NCC(c2ccccc2OCc2ccccc2)C1O. The van der Waals surface area contributed by atoms with Gasteiger partial charge in [0.1, 0.15) is 18.5 Å². The molecular weight excluding hydrogens is 266 g/mol. The largest absolute Gasteiger partial charge is 0.489 e. The van der Waals surface area contributed by atoms with Gasteiger partial charge < -0.3 is 15.2 Å². The van der Waals surface area contributed by atoms with E-state index < -0.39 is 6.10 Å². The fourth-order valence-electron chi connectivity index (χ4n) is 2.54. The maximum atomic E-state index is 11.4. The molecule has 0 bridgehead atoms. The van der Waals surface area contributed by atoms with E-state index >= 15 is 0 Å². The molecule has 2 atom stereocenters. The van der Waals surface area contributed by atoms with Gasteiger partial charge in [-0.05, 0) is 11.6 Å². The number of para-hydroxylation sites is 1. The second kappa shape index (κ2) is 5.97. The third-order valence-electron chi connectivity index (χ3n) is 3.70. The molecule has 0 saturated carbocycles. The lowest BCUT2D eigenvalue weighted by atomic mass is 9.95. The fraction of sp³-hybridized carbons (Fsp3) is 0.235. The van der Waals surface area contributed by atoms with Crippen molar-refractivity contribution in [2.75, 3.05) is 6.54 Å². The zero-order chi connectivity index (χ0) is 14.7. The number of carbonyl (C=O) groups excluding carboxylic acids is 1. The van der Waals surface area contributed by atoms with E-state index in [-0.39, 0.29) is 11.8 Å². The predicted octanol–water partition coefficient (Wildman–Crippen LogP) is 1.84. The van der Waals surface area contributed by atoms with Gasteiger partial charge in [-0.25, -0.2) is 0 Å². The number of hydrogen-bond donors (Lipinski definition) is 2. The normalized spacial score (nSPS) is 21.1. The monoisotopic (exact) mass is 283 g/mol. The highest BCUT2D eigenvalue weighted by atomic mass is 16.5. The Morgan fingerprint density at radius 1 is 1.10 bits per heavy atom. The summed E-state index contributed by atoms with van der Waals surface area (Å²) >= 11 is 0. The minimum absolute atomic E-state index is 0.260. The third kappa shape index (κ3) is 2.90.